The number of aromatic nitrogens is 2. The molecule has 1 aromatic heterocycles. The maximum atomic E-state index is 5.75. The monoisotopic (exact) mass is 240 g/mol. The highest BCUT2D eigenvalue weighted by molar-refractivity contribution is 7.71. The van der Waals surface area contributed by atoms with E-state index >= 15 is 0 Å². The van der Waals surface area contributed by atoms with Crippen LogP contribution < -0.4 is 0 Å². The van der Waals surface area contributed by atoms with Crippen molar-refractivity contribution in [2.45, 2.75) is 51.7 Å². The first-order valence-electron chi connectivity index (χ1n) is 6.02. The molecule has 90 valence electrons. The minimum Gasteiger partial charge on any atom is -0.376 e. The Hall–Kier alpha value is -0.610. The topological polar surface area (TPSA) is 29.9 Å². The van der Waals surface area contributed by atoms with Crippen molar-refractivity contribution in [3.8, 4) is 0 Å². The standard InChI is InChI=1S/C12H20N2OS/c1-8(2)10-7-13-12(16)14(10)9(3)11-5-4-6-15-11/h7-9,11H,4-6H2,1-3H3,(H,13,16). The van der Waals surface area contributed by atoms with E-state index in [9.17, 15) is 0 Å². The average Bonchev–Trinajstić information content (AvgIpc) is 2.84. The lowest BCUT2D eigenvalue weighted by molar-refractivity contribution is 0.0717. The van der Waals surface area contributed by atoms with E-state index in [1.807, 2.05) is 6.20 Å². The number of ether oxygens (including phenoxy) is 1. The summed E-state index contributed by atoms with van der Waals surface area (Å²) < 4.78 is 8.78. The van der Waals surface area contributed by atoms with Gasteiger partial charge in [-0.15, -0.1) is 0 Å². The van der Waals surface area contributed by atoms with Gasteiger partial charge < -0.3 is 14.3 Å². The van der Waals surface area contributed by atoms with Crippen molar-refractivity contribution in [1.82, 2.24) is 9.55 Å². The Labute approximate surface area is 102 Å². The second-order valence-electron chi connectivity index (χ2n) is 4.84. The fourth-order valence-corrected chi connectivity index (χ4v) is 2.74. The van der Waals surface area contributed by atoms with E-state index in [4.69, 9.17) is 17.0 Å². The molecule has 4 heteroatoms. The van der Waals surface area contributed by atoms with Gasteiger partial charge in [0.2, 0.25) is 0 Å². The van der Waals surface area contributed by atoms with Crippen molar-refractivity contribution >= 4 is 12.2 Å². The molecular weight excluding hydrogens is 220 g/mol. The van der Waals surface area contributed by atoms with E-state index in [1.165, 1.54) is 12.1 Å². The van der Waals surface area contributed by atoms with Crippen LogP contribution in [0.25, 0.3) is 0 Å². The van der Waals surface area contributed by atoms with Crippen LogP contribution in [0, 0.1) is 4.77 Å². The van der Waals surface area contributed by atoms with Crippen molar-refractivity contribution in [2.24, 2.45) is 0 Å². The third-order valence-corrected chi connectivity index (χ3v) is 3.66. The summed E-state index contributed by atoms with van der Waals surface area (Å²) in [5.41, 5.74) is 1.27. The second-order valence-corrected chi connectivity index (χ2v) is 5.22. The zero-order valence-electron chi connectivity index (χ0n) is 10.2. The largest absolute Gasteiger partial charge is 0.376 e. The maximum absolute atomic E-state index is 5.75. The number of aromatic amines is 1. The molecular formula is C12H20N2OS. The lowest BCUT2D eigenvalue weighted by atomic mass is 10.1. The normalized spacial score (nSPS) is 22.9. The Bertz CT molecular complexity index is 401. The van der Waals surface area contributed by atoms with Gasteiger partial charge in [-0.05, 0) is 37.9 Å². The van der Waals surface area contributed by atoms with Gasteiger partial charge in [0.05, 0.1) is 12.1 Å². The molecule has 2 heterocycles. The highest BCUT2D eigenvalue weighted by atomic mass is 32.1. The Morgan fingerprint density at radius 1 is 1.50 bits per heavy atom. The van der Waals surface area contributed by atoms with Crippen LogP contribution in [-0.2, 0) is 4.74 Å². The van der Waals surface area contributed by atoms with Crippen molar-refractivity contribution < 1.29 is 4.74 Å². The van der Waals surface area contributed by atoms with Gasteiger partial charge in [0.15, 0.2) is 4.77 Å². The van der Waals surface area contributed by atoms with Crippen LogP contribution in [0.15, 0.2) is 6.20 Å². The van der Waals surface area contributed by atoms with E-state index in [0.717, 1.165) is 17.8 Å². The molecule has 1 aromatic rings. The van der Waals surface area contributed by atoms with Crippen LogP contribution in [0.2, 0.25) is 0 Å². The summed E-state index contributed by atoms with van der Waals surface area (Å²) in [5.74, 6) is 0.483. The van der Waals surface area contributed by atoms with E-state index < -0.39 is 0 Å². The molecule has 16 heavy (non-hydrogen) atoms. The number of imidazole rings is 1. The minimum absolute atomic E-state index is 0.319. The summed E-state index contributed by atoms with van der Waals surface area (Å²) >= 11 is 5.36. The molecule has 2 atom stereocenters. The maximum Gasteiger partial charge on any atom is 0.177 e. The lowest BCUT2D eigenvalue weighted by Crippen LogP contribution is -2.22. The van der Waals surface area contributed by atoms with Gasteiger partial charge >= 0.3 is 0 Å². The van der Waals surface area contributed by atoms with Gasteiger partial charge in [0.1, 0.15) is 0 Å². The fourth-order valence-electron chi connectivity index (χ4n) is 2.41. The van der Waals surface area contributed by atoms with E-state index in [0.29, 0.717) is 18.1 Å². The third kappa shape index (κ3) is 2.09. The van der Waals surface area contributed by atoms with Crippen molar-refractivity contribution in [3.05, 3.63) is 16.7 Å². The second kappa shape index (κ2) is 4.72. The van der Waals surface area contributed by atoms with Crippen molar-refractivity contribution in [3.63, 3.8) is 0 Å². The van der Waals surface area contributed by atoms with Crippen LogP contribution in [0.1, 0.15) is 51.3 Å². The molecule has 3 nitrogen and oxygen atoms in total. The van der Waals surface area contributed by atoms with Gasteiger partial charge in [-0.3, -0.25) is 0 Å². The van der Waals surface area contributed by atoms with Crippen LogP contribution in [-0.4, -0.2) is 22.3 Å². The first-order chi connectivity index (χ1) is 7.61. The molecule has 1 N–H and O–H groups in total. The first-order valence-corrected chi connectivity index (χ1v) is 6.43. The number of hydrogen-bond donors (Lipinski definition) is 1. The third-order valence-electron chi connectivity index (χ3n) is 3.34. The minimum atomic E-state index is 0.319. The first kappa shape index (κ1) is 11.9. The van der Waals surface area contributed by atoms with Crippen LogP contribution >= 0.6 is 12.2 Å². The Kier molecular flexibility index (Phi) is 3.50. The predicted molar refractivity (Wildman–Crippen MR) is 67.4 cm³/mol. The number of nitrogens with one attached hydrogen (secondary N) is 1. The summed E-state index contributed by atoms with van der Waals surface area (Å²) in [5, 5.41) is 0. The zero-order chi connectivity index (χ0) is 11.7. The number of H-pyrrole nitrogens is 1. The number of nitrogens with zero attached hydrogens (tertiary/aromatic N) is 1. The molecule has 2 rings (SSSR count). The quantitative estimate of drug-likeness (QED) is 0.821. The molecule has 2 unspecified atom stereocenters. The summed E-state index contributed by atoms with van der Waals surface area (Å²) in [4.78, 5) is 3.15. The molecule has 1 saturated heterocycles. The van der Waals surface area contributed by atoms with Crippen molar-refractivity contribution in [2.75, 3.05) is 6.61 Å². The predicted octanol–water partition coefficient (Wildman–Crippen LogP) is 3.41. The van der Waals surface area contributed by atoms with E-state index in [1.54, 1.807) is 0 Å². The Morgan fingerprint density at radius 3 is 2.81 bits per heavy atom. The molecule has 1 fully saturated rings. The Morgan fingerprint density at radius 2 is 2.25 bits per heavy atom. The smallest absolute Gasteiger partial charge is 0.177 e. The Balaban J connectivity index is 2.30. The van der Waals surface area contributed by atoms with Gasteiger partial charge in [0.25, 0.3) is 0 Å². The average molecular weight is 240 g/mol. The molecule has 0 aromatic carbocycles. The molecule has 0 aliphatic carbocycles. The van der Waals surface area contributed by atoms with Gasteiger partial charge in [-0.25, -0.2) is 0 Å². The van der Waals surface area contributed by atoms with Crippen LogP contribution in [0.5, 0.6) is 0 Å². The summed E-state index contributed by atoms with van der Waals surface area (Å²) in [7, 11) is 0. The molecule has 1 aliphatic rings. The summed E-state index contributed by atoms with van der Waals surface area (Å²) in [6, 6.07) is 0.332. The summed E-state index contributed by atoms with van der Waals surface area (Å²) in [6.45, 7) is 7.47. The zero-order valence-corrected chi connectivity index (χ0v) is 11.0. The highest BCUT2D eigenvalue weighted by Gasteiger charge is 2.26. The van der Waals surface area contributed by atoms with E-state index in [-0.39, 0.29) is 0 Å². The molecule has 0 spiro atoms. The summed E-state index contributed by atoms with van der Waals surface area (Å²) in [6.07, 6.45) is 4.66. The molecule has 0 saturated carbocycles. The molecule has 0 radical (unpaired) electrons. The number of hydrogen-bond acceptors (Lipinski definition) is 2. The van der Waals surface area contributed by atoms with Crippen LogP contribution in [0.4, 0.5) is 0 Å². The van der Waals surface area contributed by atoms with Gasteiger partial charge in [0, 0.05) is 18.5 Å². The number of rotatable bonds is 3. The van der Waals surface area contributed by atoms with Crippen LogP contribution in [0.3, 0.4) is 0 Å². The molecule has 0 amide bonds. The highest BCUT2D eigenvalue weighted by Crippen LogP contribution is 2.27. The lowest BCUT2D eigenvalue weighted by Gasteiger charge is -2.23. The molecule has 1 aliphatic heterocycles. The van der Waals surface area contributed by atoms with Gasteiger partial charge in [-0.1, -0.05) is 13.8 Å². The molecule has 0 bridgehead atoms. The SMILES string of the molecule is CC(C)c1c[nH]c(=S)n1C(C)C1CCCO1. The van der Waals surface area contributed by atoms with E-state index in [2.05, 4.69) is 30.3 Å². The van der Waals surface area contributed by atoms with Crippen molar-refractivity contribution in [1.29, 1.82) is 0 Å². The van der Waals surface area contributed by atoms with Gasteiger partial charge in [-0.2, -0.15) is 0 Å². The fraction of sp³-hybridized carbons (Fsp3) is 0.750.